The maximum atomic E-state index is 12.9. The molecule has 1 aromatic carbocycles. The highest BCUT2D eigenvalue weighted by Gasteiger charge is 2.09. The van der Waals surface area contributed by atoms with Crippen LogP contribution >= 0.6 is 0 Å². The van der Waals surface area contributed by atoms with Crippen LogP contribution in [0.15, 0.2) is 12.1 Å². The molecule has 0 radical (unpaired) electrons. The Kier molecular flexibility index (Phi) is 2.39. The molecule has 62 valence electrons. The van der Waals surface area contributed by atoms with Gasteiger partial charge in [-0.3, -0.25) is 0 Å². The van der Waals surface area contributed by atoms with E-state index in [0.717, 1.165) is 0 Å². The molecule has 0 aliphatic heterocycles. The molecule has 0 aromatic heterocycles. The zero-order valence-electron chi connectivity index (χ0n) is 6.56. The van der Waals surface area contributed by atoms with Crippen molar-refractivity contribution in [2.45, 2.75) is 13.3 Å². The van der Waals surface area contributed by atoms with Crippen molar-refractivity contribution in [2.24, 2.45) is 0 Å². The van der Waals surface area contributed by atoms with Crippen LogP contribution in [0.3, 0.4) is 0 Å². The third-order valence-electron chi connectivity index (χ3n) is 1.62. The van der Waals surface area contributed by atoms with Crippen molar-refractivity contribution in [3.63, 3.8) is 0 Å². The summed E-state index contributed by atoms with van der Waals surface area (Å²) in [7, 11) is 0. The normalized spacial score (nSPS) is 9.50. The third-order valence-corrected chi connectivity index (χ3v) is 1.62. The molecule has 1 nitrogen and oxygen atoms in total. The molecule has 0 spiro atoms. The lowest BCUT2D eigenvalue weighted by molar-refractivity contribution is 0.496. The van der Waals surface area contributed by atoms with Gasteiger partial charge in [0.15, 0.2) is 11.6 Å². The predicted octanol–water partition coefficient (Wildman–Crippen LogP) is 2.34. The van der Waals surface area contributed by atoms with E-state index in [9.17, 15) is 8.78 Å². The van der Waals surface area contributed by atoms with Crippen LogP contribution in [0.25, 0.3) is 0 Å². The van der Waals surface area contributed by atoms with E-state index >= 15 is 0 Å². The molecule has 0 aliphatic carbocycles. The van der Waals surface area contributed by atoms with E-state index in [0.29, 0.717) is 0 Å². The van der Waals surface area contributed by atoms with Gasteiger partial charge in [0.2, 0.25) is 0 Å². The molecule has 0 atom stereocenters. The van der Waals surface area contributed by atoms with Crippen molar-refractivity contribution in [1.29, 1.82) is 5.26 Å². The van der Waals surface area contributed by atoms with Gasteiger partial charge in [-0.05, 0) is 12.5 Å². The Morgan fingerprint density at radius 1 is 1.33 bits per heavy atom. The number of aryl methyl sites for hydroxylation is 1. The summed E-state index contributed by atoms with van der Waals surface area (Å²) in [6.07, 6.45) is -0.0942. The molecule has 0 unspecified atom stereocenters. The zero-order valence-corrected chi connectivity index (χ0v) is 6.56. The van der Waals surface area contributed by atoms with E-state index in [1.807, 2.05) is 0 Å². The number of benzene rings is 1. The van der Waals surface area contributed by atoms with E-state index in [1.54, 1.807) is 6.07 Å². The number of hydrogen-bond acceptors (Lipinski definition) is 1. The van der Waals surface area contributed by atoms with E-state index in [1.165, 1.54) is 19.1 Å². The minimum atomic E-state index is -0.906. The average molecular weight is 167 g/mol. The monoisotopic (exact) mass is 167 g/mol. The molecule has 0 N–H and O–H groups in total. The highest BCUT2D eigenvalue weighted by Crippen LogP contribution is 2.15. The van der Waals surface area contributed by atoms with E-state index < -0.39 is 11.6 Å². The van der Waals surface area contributed by atoms with Gasteiger partial charge in [0.1, 0.15) is 0 Å². The van der Waals surface area contributed by atoms with Crippen molar-refractivity contribution in [2.75, 3.05) is 0 Å². The molecule has 0 amide bonds. The molecular formula is C9H7F2N. The summed E-state index contributed by atoms with van der Waals surface area (Å²) < 4.78 is 25.8. The lowest BCUT2D eigenvalue weighted by Crippen LogP contribution is -1.95. The first-order valence-corrected chi connectivity index (χ1v) is 3.47. The molecule has 12 heavy (non-hydrogen) atoms. The largest absolute Gasteiger partial charge is 0.203 e. The first-order valence-electron chi connectivity index (χ1n) is 3.47. The second-order valence-corrected chi connectivity index (χ2v) is 2.50. The van der Waals surface area contributed by atoms with Crippen molar-refractivity contribution < 1.29 is 8.78 Å². The van der Waals surface area contributed by atoms with Crippen molar-refractivity contribution in [3.05, 3.63) is 34.9 Å². The smallest absolute Gasteiger partial charge is 0.163 e. The van der Waals surface area contributed by atoms with Crippen LogP contribution in [-0.4, -0.2) is 0 Å². The fraction of sp³-hybridized carbons (Fsp3) is 0.222. The maximum Gasteiger partial charge on any atom is 0.163 e. The first kappa shape index (κ1) is 8.66. The highest BCUT2D eigenvalue weighted by molar-refractivity contribution is 5.27. The van der Waals surface area contributed by atoms with Gasteiger partial charge in [-0.15, -0.1) is 0 Å². The second-order valence-electron chi connectivity index (χ2n) is 2.50. The summed E-state index contributed by atoms with van der Waals surface area (Å²) in [5, 5.41) is 8.27. The molecule has 1 rings (SSSR count). The van der Waals surface area contributed by atoms with E-state index in [4.69, 9.17) is 5.26 Å². The van der Waals surface area contributed by atoms with Crippen LogP contribution in [0.1, 0.15) is 11.1 Å². The summed E-state index contributed by atoms with van der Waals surface area (Å²) in [6.45, 7) is 1.48. The summed E-state index contributed by atoms with van der Waals surface area (Å²) in [5.74, 6) is -1.76. The fourth-order valence-electron chi connectivity index (χ4n) is 0.908. The SMILES string of the molecule is Cc1ccc(CC#N)c(F)c1F. The number of rotatable bonds is 1. The Balaban J connectivity index is 3.19. The summed E-state index contributed by atoms with van der Waals surface area (Å²) in [5.41, 5.74) is 0.370. The Bertz CT molecular complexity index is 339. The standard InChI is InChI=1S/C9H7F2N/c1-6-2-3-7(4-5-12)9(11)8(6)10/h2-3H,4H2,1H3. The van der Waals surface area contributed by atoms with Crippen LogP contribution < -0.4 is 0 Å². The quantitative estimate of drug-likeness (QED) is 0.629. The molecule has 3 heteroatoms. The molecule has 0 saturated heterocycles. The van der Waals surface area contributed by atoms with Crippen molar-refractivity contribution in [3.8, 4) is 6.07 Å². The molecule has 1 aromatic rings. The van der Waals surface area contributed by atoms with Crippen LogP contribution in [-0.2, 0) is 6.42 Å². The Morgan fingerprint density at radius 3 is 2.58 bits per heavy atom. The summed E-state index contributed by atoms with van der Waals surface area (Å²) >= 11 is 0. The van der Waals surface area contributed by atoms with Crippen molar-refractivity contribution in [1.82, 2.24) is 0 Å². The fourth-order valence-corrected chi connectivity index (χ4v) is 0.908. The molecule has 0 heterocycles. The Labute approximate surface area is 69.2 Å². The number of nitriles is 1. The third kappa shape index (κ3) is 1.42. The minimum absolute atomic E-state index is 0.0942. The first-order chi connectivity index (χ1) is 5.66. The van der Waals surface area contributed by atoms with Gasteiger partial charge in [-0.2, -0.15) is 5.26 Å². The zero-order chi connectivity index (χ0) is 9.14. The number of halogens is 2. The summed E-state index contributed by atoms with van der Waals surface area (Å²) in [6, 6.07) is 4.66. The maximum absolute atomic E-state index is 12.9. The number of nitrogens with zero attached hydrogens (tertiary/aromatic N) is 1. The lowest BCUT2D eigenvalue weighted by Gasteiger charge is -2.01. The minimum Gasteiger partial charge on any atom is -0.203 e. The molecular weight excluding hydrogens is 160 g/mol. The highest BCUT2D eigenvalue weighted by atomic mass is 19.2. The van der Waals surface area contributed by atoms with Crippen LogP contribution in [0, 0.1) is 29.9 Å². The topological polar surface area (TPSA) is 23.8 Å². The molecule has 0 saturated carbocycles. The van der Waals surface area contributed by atoms with E-state index in [-0.39, 0.29) is 17.5 Å². The van der Waals surface area contributed by atoms with Gasteiger partial charge in [-0.1, -0.05) is 12.1 Å². The lowest BCUT2D eigenvalue weighted by atomic mass is 10.1. The van der Waals surface area contributed by atoms with Gasteiger partial charge >= 0.3 is 0 Å². The van der Waals surface area contributed by atoms with Gasteiger partial charge < -0.3 is 0 Å². The van der Waals surface area contributed by atoms with Crippen LogP contribution in [0.5, 0.6) is 0 Å². The summed E-state index contributed by atoms with van der Waals surface area (Å²) in [4.78, 5) is 0. The molecule has 0 fully saturated rings. The molecule has 0 bridgehead atoms. The van der Waals surface area contributed by atoms with Gasteiger partial charge in [0, 0.05) is 5.56 Å². The Morgan fingerprint density at radius 2 is 2.00 bits per heavy atom. The van der Waals surface area contributed by atoms with E-state index in [2.05, 4.69) is 0 Å². The number of hydrogen-bond donors (Lipinski definition) is 0. The Hall–Kier alpha value is -1.43. The average Bonchev–Trinajstić information content (AvgIpc) is 2.07. The predicted molar refractivity (Wildman–Crippen MR) is 40.4 cm³/mol. The second kappa shape index (κ2) is 3.31. The van der Waals surface area contributed by atoms with Gasteiger partial charge in [0.25, 0.3) is 0 Å². The van der Waals surface area contributed by atoms with Gasteiger partial charge in [0.05, 0.1) is 12.5 Å². The molecule has 0 aliphatic rings. The van der Waals surface area contributed by atoms with Crippen molar-refractivity contribution >= 4 is 0 Å². The van der Waals surface area contributed by atoms with Crippen LogP contribution in [0.4, 0.5) is 8.78 Å². The van der Waals surface area contributed by atoms with Gasteiger partial charge in [-0.25, -0.2) is 8.78 Å². The van der Waals surface area contributed by atoms with Crippen LogP contribution in [0.2, 0.25) is 0 Å².